The predicted molar refractivity (Wildman–Crippen MR) is 83.3 cm³/mol. The first-order valence-corrected chi connectivity index (χ1v) is 8.46. The molecule has 0 heterocycles. The molecule has 0 aliphatic heterocycles. The van der Waals surface area contributed by atoms with Crippen LogP contribution in [-0.4, -0.2) is 25.9 Å². The van der Waals surface area contributed by atoms with Crippen molar-refractivity contribution >= 4 is 10.0 Å². The summed E-state index contributed by atoms with van der Waals surface area (Å²) in [5.41, 5.74) is 1.73. The van der Waals surface area contributed by atoms with Gasteiger partial charge in [-0.15, -0.1) is 0 Å². The van der Waals surface area contributed by atoms with Gasteiger partial charge in [0.05, 0.1) is 18.4 Å². The van der Waals surface area contributed by atoms with Crippen molar-refractivity contribution in [1.82, 2.24) is 4.72 Å². The van der Waals surface area contributed by atoms with Crippen molar-refractivity contribution < 1.29 is 13.5 Å². The van der Waals surface area contributed by atoms with Crippen molar-refractivity contribution in [3.05, 3.63) is 71.8 Å². The third kappa shape index (κ3) is 4.97. The first kappa shape index (κ1) is 15.7. The summed E-state index contributed by atoms with van der Waals surface area (Å²) in [6, 6.07) is 17.9. The summed E-state index contributed by atoms with van der Waals surface area (Å²) in [6.45, 7) is -0.269. The highest BCUT2D eigenvalue weighted by Gasteiger charge is 2.18. The van der Waals surface area contributed by atoms with E-state index >= 15 is 0 Å². The van der Waals surface area contributed by atoms with Gasteiger partial charge < -0.3 is 5.11 Å². The fraction of sp³-hybridized carbons (Fsp3) is 0.250. The molecule has 0 saturated heterocycles. The van der Waals surface area contributed by atoms with Crippen molar-refractivity contribution in [2.24, 2.45) is 0 Å². The number of hydrogen-bond donors (Lipinski definition) is 2. The molecule has 1 atom stereocenters. The first-order valence-electron chi connectivity index (χ1n) is 6.80. The standard InChI is InChI=1S/C16H19NO3S/c18-13-16(15-9-5-2-6-10-15)17-21(19,20)12-11-14-7-3-1-4-8-14/h1-10,16-18H,11-13H2/t16-/m0/s1. The Kier molecular flexibility index (Phi) is 5.50. The molecule has 0 bridgehead atoms. The third-order valence-corrected chi connectivity index (χ3v) is 4.59. The molecule has 0 amide bonds. The molecule has 0 aromatic heterocycles. The maximum absolute atomic E-state index is 12.1. The lowest BCUT2D eigenvalue weighted by Gasteiger charge is -2.16. The van der Waals surface area contributed by atoms with Crippen LogP contribution in [0.15, 0.2) is 60.7 Å². The Balaban J connectivity index is 1.99. The van der Waals surface area contributed by atoms with Gasteiger partial charge in [-0.2, -0.15) is 0 Å². The number of benzene rings is 2. The van der Waals surface area contributed by atoms with Crippen LogP contribution in [-0.2, 0) is 16.4 Å². The topological polar surface area (TPSA) is 66.4 Å². The smallest absolute Gasteiger partial charge is 0.212 e. The number of aliphatic hydroxyl groups excluding tert-OH is 1. The molecule has 2 N–H and O–H groups in total. The minimum atomic E-state index is -3.45. The zero-order valence-electron chi connectivity index (χ0n) is 11.6. The van der Waals surface area contributed by atoms with Gasteiger partial charge in [0.2, 0.25) is 10.0 Å². The molecular formula is C16H19NO3S. The van der Waals surface area contributed by atoms with Crippen LogP contribution >= 0.6 is 0 Å². The maximum Gasteiger partial charge on any atom is 0.212 e. The SMILES string of the molecule is O=S(=O)(CCc1ccccc1)N[C@@H](CO)c1ccccc1. The summed E-state index contributed by atoms with van der Waals surface area (Å²) >= 11 is 0. The molecule has 4 nitrogen and oxygen atoms in total. The molecular weight excluding hydrogens is 286 g/mol. The van der Waals surface area contributed by atoms with Gasteiger partial charge in [-0.25, -0.2) is 13.1 Å². The molecule has 0 aliphatic rings. The second-order valence-corrected chi connectivity index (χ2v) is 6.69. The lowest BCUT2D eigenvalue weighted by Crippen LogP contribution is -2.33. The van der Waals surface area contributed by atoms with Crippen LogP contribution in [0.3, 0.4) is 0 Å². The van der Waals surface area contributed by atoms with Gasteiger partial charge in [0.25, 0.3) is 0 Å². The molecule has 0 spiro atoms. The molecule has 0 fully saturated rings. The number of nitrogens with one attached hydrogen (secondary N) is 1. The molecule has 0 radical (unpaired) electrons. The summed E-state index contributed by atoms with van der Waals surface area (Å²) in [7, 11) is -3.45. The zero-order valence-corrected chi connectivity index (χ0v) is 12.5. The van der Waals surface area contributed by atoms with Crippen molar-refractivity contribution in [2.75, 3.05) is 12.4 Å². The van der Waals surface area contributed by atoms with Crippen molar-refractivity contribution in [3.8, 4) is 0 Å². The number of aryl methyl sites for hydroxylation is 1. The summed E-state index contributed by atoms with van der Waals surface area (Å²) < 4.78 is 26.8. The van der Waals surface area contributed by atoms with E-state index in [1.54, 1.807) is 12.1 Å². The van der Waals surface area contributed by atoms with E-state index in [1.165, 1.54) is 0 Å². The van der Waals surface area contributed by atoms with Gasteiger partial charge in [-0.05, 0) is 17.5 Å². The van der Waals surface area contributed by atoms with Crippen LogP contribution in [0.1, 0.15) is 17.2 Å². The molecule has 21 heavy (non-hydrogen) atoms. The highest BCUT2D eigenvalue weighted by atomic mass is 32.2. The number of hydrogen-bond acceptors (Lipinski definition) is 3. The summed E-state index contributed by atoms with van der Waals surface area (Å²) in [4.78, 5) is 0. The normalized spacial score (nSPS) is 13.0. The van der Waals surface area contributed by atoms with Gasteiger partial charge in [0, 0.05) is 0 Å². The second kappa shape index (κ2) is 7.36. The van der Waals surface area contributed by atoms with E-state index in [-0.39, 0.29) is 12.4 Å². The molecule has 2 rings (SSSR count). The zero-order chi connectivity index (χ0) is 15.1. The average molecular weight is 305 g/mol. The summed E-state index contributed by atoms with van der Waals surface area (Å²) in [5.74, 6) is 0.000344. The third-order valence-electron chi connectivity index (χ3n) is 3.21. The van der Waals surface area contributed by atoms with Crippen LogP contribution < -0.4 is 4.72 Å². The highest BCUT2D eigenvalue weighted by molar-refractivity contribution is 7.89. The first-order chi connectivity index (χ1) is 10.1. The number of aliphatic hydroxyl groups is 1. The van der Waals surface area contributed by atoms with Crippen LogP contribution in [0, 0.1) is 0 Å². The lowest BCUT2D eigenvalue weighted by atomic mass is 10.1. The Morgan fingerprint density at radius 2 is 1.52 bits per heavy atom. The van der Waals surface area contributed by atoms with Gasteiger partial charge in [0.1, 0.15) is 0 Å². The van der Waals surface area contributed by atoms with Crippen molar-refractivity contribution in [3.63, 3.8) is 0 Å². The van der Waals surface area contributed by atoms with E-state index in [0.717, 1.165) is 11.1 Å². The Hall–Kier alpha value is -1.69. The maximum atomic E-state index is 12.1. The van der Waals surface area contributed by atoms with E-state index in [4.69, 9.17) is 0 Å². The highest BCUT2D eigenvalue weighted by Crippen LogP contribution is 2.13. The van der Waals surface area contributed by atoms with E-state index in [9.17, 15) is 13.5 Å². The fourth-order valence-electron chi connectivity index (χ4n) is 2.07. The molecule has 5 heteroatoms. The monoisotopic (exact) mass is 305 g/mol. The van der Waals surface area contributed by atoms with Gasteiger partial charge >= 0.3 is 0 Å². The molecule has 0 unspecified atom stereocenters. The summed E-state index contributed by atoms with van der Waals surface area (Å²) in [5, 5.41) is 9.40. The fourth-order valence-corrected chi connectivity index (χ4v) is 3.34. The van der Waals surface area contributed by atoms with E-state index in [0.29, 0.717) is 6.42 Å². The Morgan fingerprint density at radius 3 is 2.10 bits per heavy atom. The molecule has 112 valence electrons. The Labute approximate surface area is 125 Å². The van der Waals surface area contributed by atoms with Crippen molar-refractivity contribution in [1.29, 1.82) is 0 Å². The van der Waals surface area contributed by atoms with Crippen LogP contribution in [0.4, 0.5) is 0 Å². The van der Waals surface area contributed by atoms with E-state index < -0.39 is 16.1 Å². The minimum Gasteiger partial charge on any atom is -0.394 e. The van der Waals surface area contributed by atoms with Crippen LogP contribution in [0.25, 0.3) is 0 Å². The summed E-state index contributed by atoms with van der Waals surface area (Å²) in [6.07, 6.45) is 0.448. The minimum absolute atomic E-state index is 0.000344. The molecule has 2 aromatic rings. The van der Waals surface area contributed by atoms with Gasteiger partial charge in [-0.3, -0.25) is 0 Å². The second-order valence-electron chi connectivity index (χ2n) is 4.82. The molecule has 2 aromatic carbocycles. The van der Waals surface area contributed by atoms with E-state index in [1.807, 2.05) is 48.5 Å². The van der Waals surface area contributed by atoms with Crippen molar-refractivity contribution in [2.45, 2.75) is 12.5 Å². The lowest BCUT2D eigenvalue weighted by molar-refractivity contribution is 0.259. The van der Waals surface area contributed by atoms with Crippen LogP contribution in [0.5, 0.6) is 0 Å². The molecule has 0 aliphatic carbocycles. The molecule has 0 saturated carbocycles. The number of rotatable bonds is 7. The van der Waals surface area contributed by atoms with Gasteiger partial charge in [0.15, 0.2) is 0 Å². The predicted octanol–water partition coefficient (Wildman–Crippen LogP) is 1.88. The average Bonchev–Trinajstić information content (AvgIpc) is 2.53. The van der Waals surface area contributed by atoms with Crippen LogP contribution in [0.2, 0.25) is 0 Å². The number of sulfonamides is 1. The Bertz CT molecular complexity index is 642. The van der Waals surface area contributed by atoms with Gasteiger partial charge in [-0.1, -0.05) is 60.7 Å². The van der Waals surface area contributed by atoms with E-state index in [2.05, 4.69) is 4.72 Å². The largest absolute Gasteiger partial charge is 0.394 e. The Morgan fingerprint density at radius 1 is 0.952 bits per heavy atom. The quantitative estimate of drug-likeness (QED) is 0.821.